The molecular formula is C8H4ClFN2O. The molecule has 1 N–H and O–H groups in total. The lowest BCUT2D eigenvalue weighted by atomic mass is 10.2. The number of nitrogens with one attached hydrogen (secondary N) is 1. The fourth-order valence-corrected chi connectivity index (χ4v) is 1.28. The molecular weight excluding hydrogens is 195 g/mol. The van der Waals surface area contributed by atoms with Crippen LogP contribution < -0.4 is 0 Å². The third-order valence-electron chi connectivity index (χ3n) is 1.74. The summed E-state index contributed by atoms with van der Waals surface area (Å²) in [5, 5.41) is 6.72. The first-order valence-corrected chi connectivity index (χ1v) is 3.88. The molecule has 3 nitrogen and oxygen atoms in total. The Hall–Kier alpha value is -1.42. The molecule has 1 heterocycles. The topological polar surface area (TPSA) is 45.8 Å². The maximum Gasteiger partial charge on any atom is 0.168 e. The summed E-state index contributed by atoms with van der Waals surface area (Å²) in [6.07, 6.45) is 0.615. The van der Waals surface area contributed by atoms with Gasteiger partial charge in [-0.1, -0.05) is 11.6 Å². The fraction of sp³-hybridized carbons (Fsp3) is 0. The summed E-state index contributed by atoms with van der Waals surface area (Å²) in [5.41, 5.74) is 0.695. The number of carbonyl (C=O) groups excluding carboxylic acids is 1. The van der Waals surface area contributed by atoms with Crippen molar-refractivity contribution < 1.29 is 9.18 Å². The van der Waals surface area contributed by atoms with Gasteiger partial charge in [0.1, 0.15) is 11.5 Å². The van der Waals surface area contributed by atoms with Crippen LogP contribution in [0.5, 0.6) is 0 Å². The molecule has 0 aliphatic rings. The lowest BCUT2D eigenvalue weighted by molar-refractivity contribution is 0.112. The van der Waals surface area contributed by atoms with Crippen LogP contribution in [0, 0.1) is 5.82 Å². The van der Waals surface area contributed by atoms with Crippen molar-refractivity contribution in [3.63, 3.8) is 0 Å². The highest BCUT2D eigenvalue weighted by molar-refractivity contribution is 6.31. The van der Waals surface area contributed by atoms with Crippen molar-refractivity contribution in [2.45, 2.75) is 0 Å². The van der Waals surface area contributed by atoms with Crippen molar-refractivity contribution in [3.8, 4) is 0 Å². The average Bonchev–Trinajstić information content (AvgIpc) is 2.48. The monoisotopic (exact) mass is 198 g/mol. The number of H-pyrrole nitrogens is 1. The highest BCUT2D eigenvalue weighted by Gasteiger charge is 2.08. The molecule has 2 aromatic rings. The van der Waals surface area contributed by atoms with E-state index < -0.39 is 5.82 Å². The predicted molar refractivity (Wildman–Crippen MR) is 46.4 cm³/mol. The first kappa shape index (κ1) is 8.19. The summed E-state index contributed by atoms with van der Waals surface area (Å²) >= 11 is 5.54. The van der Waals surface area contributed by atoms with Gasteiger partial charge >= 0.3 is 0 Å². The van der Waals surface area contributed by atoms with E-state index in [9.17, 15) is 9.18 Å². The maximum atomic E-state index is 12.9. The zero-order valence-corrected chi connectivity index (χ0v) is 7.10. The molecule has 0 fully saturated rings. The van der Waals surface area contributed by atoms with E-state index >= 15 is 0 Å². The van der Waals surface area contributed by atoms with Crippen molar-refractivity contribution >= 4 is 28.8 Å². The number of carbonyl (C=O) groups is 1. The first-order chi connectivity index (χ1) is 6.22. The largest absolute Gasteiger partial charge is 0.296 e. The number of aromatic amines is 1. The molecule has 13 heavy (non-hydrogen) atoms. The molecule has 1 aromatic heterocycles. The lowest BCUT2D eigenvalue weighted by Crippen LogP contribution is -1.80. The van der Waals surface area contributed by atoms with E-state index in [1.807, 2.05) is 0 Å². The molecule has 0 aliphatic carbocycles. The molecule has 0 aliphatic heterocycles. The van der Waals surface area contributed by atoms with Crippen molar-refractivity contribution in [1.82, 2.24) is 10.2 Å². The molecule has 5 heteroatoms. The number of benzene rings is 1. The van der Waals surface area contributed by atoms with E-state index in [-0.39, 0.29) is 5.02 Å². The van der Waals surface area contributed by atoms with Crippen LogP contribution in [0.2, 0.25) is 5.02 Å². The summed E-state index contributed by atoms with van der Waals surface area (Å²) in [7, 11) is 0. The van der Waals surface area contributed by atoms with Crippen LogP contribution >= 0.6 is 11.6 Å². The van der Waals surface area contributed by atoms with Gasteiger partial charge < -0.3 is 0 Å². The van der Waals surface area contributed by atoms with E-state index in [2.05, 4.69) is 10.2 Å². The van der Waals surface area contributed by atoms with Gasteiger partial charge in [-0.3, -0.25) is 9.89 Å². The minimum atomic E-state index is -0.543. The molecule has 2 rings (SSSR count). The Morgan fingerprint density at radius 3 is 3.00 bits per heavy atom. The number of nitrogens with zero attached hydrogens (tertiary/aromatic N) is 1. The second-order valence-corrected chi connectivity index (χ2v) is 2.95. The molecule has 0 radical (unpaired) electrons. The SMILES string of the molecule is O=Cc1[nH]nc2cc(F)c(Cl)cc12. The molecule has 0 spiro atoms. The number of hydrogen-bond acceptors (Lipinski definition) is 2. The fourth-order valence-electron chi connectivity index (χ4n) is 1.12. The first-order valence-electron chi connectivity index (χ1n) is 3.50. The lowest BCUT2D eigenvalue weighted by Gasteiger charge is -1.92. The van der Waals surface area contributed by atoms with Crippen LogP contribution in [0.1, 0.15) is 10.5 Å². The summed E-state index contributed by atoms with van der Waals surface area (Å²) in [5.74, 6) is -0.543. The highest BCUT2D eigenvalue weighted by Crippen LogP contribution is 2.22. The molecule has 0 saturated carbocycles. The van der Waals surface area contributed by atoms with Gasteiger partial charge in [-0.25, -0.2) is 4.39 Å². The van der Waals surface area contributed by atoms with Gasteiger partial charge in [0.05, 0.1) is 10.5 Å². The third kappa shape index (κ3) is 1.19. The van der Waals surface area contributed by atoms with Crippen LogP contribution in [0.3, 0.4) is 0 Å². The summed E-state index contributed by atoms with van der Waals surface area (Å²) in [4.78, 5) is 10.5. The quantitative estimate of drug-likeness (QED) is 0.714. The van der Waals surface area contributed by atoms with Crippen LogP contribution in [-0.2, 0) is 0 Å². The third-order valence-corrected chi connectivity index (χ3v) is 2.03. The second kappa shape index (κ2) is 2.81. The Labute approximate surface area is 77.5 Å². The number of rotatable bonds is 1. The zero-order valence-electron chi connectivity index (χ0n) is 6.34. The van der Waals surface area contributed by atoms with Crippen LogP contribution in [-0.4, -0.2) is 16.5 Å². The van der Waals surface area contributed by atoms with Gasteiger partial charge in [0.25, 0.3) is 0 Å². The number of aldehydes is 1. The minimum absolute atomic E-state index is 0.0167. The summed E-state index contributed by atoms with van der Waals surface area (Å²) < 4.78 is 12.9. The molecule has 0 unspecified atom stereocenters. The van der Waals surface area contributed by atoms with E-state index in [0.717, 1.165) is 0 Å². The molecule has 0 bridgehead atoms. The molecule has 0 atom stereocenters. The summed E-state index contributed by atoms with van der Waals surface area (Å²) in [6.45, 7) is 0. The normalized spacial score (nSPS) is 10.6. The standard InChI is InChI=1S/C8H4ClFN2O/c9-5-1-4-7(2-6(5)10)11-12-8(4)3-13/h1-3H,(H,11,12). The van der Waals surface area contributed by atoms with Gasteiger partial charge in [0, 0.05) is 11.5 Å². The summed E-state index contributed by atoms with van der Waals surface area (Å²) in [6, 6.07) is 2.56. The second-order valence-electron chi connectivity index (χ2n) is 2.54. The van der Waals surface area contributed by atoms with Crippen molar-refractivity contribution in [2.24, 2.45) is 0 Å². The number of hydrogen-bond donors (Lipinski definition) is 1. The number of aromatic nitrogens is 2. The van der Waals surface area contributed by atoms with Gasteiger partial charge in [-0.15, -0.1) is 0 Å². The van der Waals surface area contributed by atoms with Gasteiger partial charge in [-0.05, 0) is 6.07 Å². The Morgan fingerprint density at radius 1 is 1.54 bits per heavy atom. The van der Waals surface area contributed by atoms with Crippen LogP contribution in [0.25, 0.3) is 10.9 Å². The minimum Gasteiger partial charge on any atom is -0.296 e. The van der Waals surface area contributed by atoms with Crippen molar-refractivity contribution in [2.75, 3.05) is 0 Å². The van der Waals surface area contributed by atoms with Gasteiger partial charge in [0.2, 0.25) is 0 Å². The Kier molecular flexibility index (Phi) is 1.77. The van der Waals surface area contributed by atoms with Crippen LogP contribution in [0.4, 0.5) is 4.39 Å². The highest BCUT2D eigenvalue weighted by atomic mass is 35.5. The van der Waals surface area contributed by atoms with Gasteiger partial charge in [-0.2, -0.15) is 5.10 Å². The average molecular weight is 199 g/mol. The number of fused-ring (bicyclic) bond motifs is 1. The van der Waals surface area contributed by atoms with Crippen molar-refractivity contribution in [3.05, 3.63) is 28.7 Å². The van der Waals surface area contributed by atoms with E-state index in [0.29, 0.717) is 22.9 Å². The van der Waals surface area contributed by atoms with E-state index in [1.54, 1.807) is 0 Å². The van der Waals surface area contributed by atoms with Crippen molar-refractivity contribution in [1.29, 1.82) is 0 Å². The van der Waals surface area contributed by atoms with E-state index in [4.69, 9.17) is 11.6 Å². The predicted octanol–water partition coefficient (Wildman–Crippen LogP) is 2.17. The zero-order chi connectivity index (χ0) is 9.42. The molecule has 1 aromatic carbocycles. The van der Waals surface area contributed by atoms with E-state index in [1.165, 1.54) is 12.1 Å². The molecule has 66 valence electrons. The Balaban J connectivity index is 2.84. The molecule has 0 amide bonds. The Morgan fingerprint density at radius 2 is 2.31 bits per heavy atom. The maximum absolute atomic E-state index is 12.9. The number of halogens is 2. The van der Waals surface area contributed by atoms with Gasteiger partial charge in [0.15, 0.2) is 6.29 Å². The smallest absolute Gasteiger partial charge is 0.168 e. The Bertz CT molecular complexity index is 480. The van der Waals surface area contributed by atoms with Crippen LogP contribution in [0.15, 0.2) is 12.1 Å². The molecule has 0 saturated heterocycles.